The molecule has 0 atom stereocenters. The lowest BCUT2D eigenvalue weighted by molar-refractivity contribution is -0.155. The van der Waals surface area contributed by atoms with Gasteiger partial charge in [0.15, 0.2) is 0 Å². The smallest absolute Gasteiger partial charge is 0.329 e. The molecule has 0 spiro atoms. The third kappa shape index (κ3) is 3.20. The van der Waals surface area contributed by atoms with Crippen molar-refractivity contribution in [3.63, 3.8) is 0 Å². The Morgan fingerprint density at radius 1 is 1.47 bits per heavy atom. The number of hydrogen-bond donors (Lipinski definition) is 1. The standard InChI is InChI=1S/C11H14ClNO3S/c1-11(2,10(15)16)13(3)9(14)6-7-4-5-8(12)17-7/h4-5H,6H2,1-3H3,(H,15,16). The molecule has 4 nitrogen and oxygen atoms in total. The molecule has 1 rings (SSSR count). The molecule has 1 N–H and O–H groups in total. The Bertz CT molecular complexity index is 442. The van der Waals surface area contributed by atoms with Crippen molar-refractivity contribution in [2.75, 3.05) is 7.05 Å². The number of nitrogens with zero attached hydrogens (tertiary/aromatic N) is 1. The van der Waals surface area contributed by atoms with Crippen LogP contribution in [-0.4, -0.2) is 34.5 Å². The summed E-state index contributed by atoms with van der Waals surface area (Å²) in [5.74, 6) is -1.27. The molecule has 94 valence electrons. The summed E-state index contributed by atoms with van der Waals surface area (Å²) >= 11 is 7.09. The van der Waals surface area contributed by atoms with Crippen molar-refractivity contribution in [1.29, 1.82) is 0 Å². The average molecular weight is 276 g/mol. The van der Waals surface area contributed by atoms with Gasteiger partial charge in [0, 0.05) is 11.9 Å². The molecule has 17 heavy (non-hydrogen) atoms. The quantitative estimate of drug-likeness (QED) is 0.917. The predicted octanol–water partition coefficient (Wildman–Crippen LogP) is 2.27. The second kappa shape index (κ2) is 5.06. The molecule has 0 unspecified atom stereocenters. The number of carbonyl (C=O) groups is 2. The summed E-state index contributed by atoms with van der Waals surface area (Å²) in [5, 5.41) is 9.02. The lowest BCUT2D eigenvalue weighted by Gasteiger charge is -2.31. The molecule has 0 aromatic carbocycles. The van der Waals surface area contributed by atoms with Gasteiger partial charge in [-0.1, -0.05) is 11.6 Å². The van der Waals surface area contributed by atoms with Gasteiger partial charge in [0.25, 0.3) is 0 Å². The van der Waals surface area contributed by atoms with E-state index in [0.717, 1.165) is 4.88 Å². The monoisotopic (exact) mass is 275 g/mol. The van der Waals surface area contributed by atoms with Gasteiger partial charge in [0.05, 0.1) is 10.8 Å². The normalized spacial score (nSPS) is 11.3. The Kier molecular flexibility index (Phi) is 4.16. The van der Waals surface area contributed by atoms with Gasteiger partial charge in [-0.05, 0) is 26.0 Å². The topological polar surface area (TPSA) is 57.6 Å². The molecule has 0 aliphatic heterocycles. The molecule has 1 aromatic rings. The van der Waals surface area contributed by atoms with Crippen LogP contribution in [0.15, 0.2) is 12.1 Å². The number of likely N-dealkylation sites (N-methyl/N-ethyl adjacent to an activating group) is 1. The molecule has 0 saturated carbocycles. The van der Waals surface area contributed by atoms with E-state index in [1.807, 2.05) is 0 Å². The van der Waals surface area contributed by atoms with Crippen molar-refractivity contribution in [2.45, 2.75) is 25.8 Å². The summed E-state index contributed by atoms with van der Waals surface area (Å²) in [7, 11) is 1.49. The minimum absolute atomic E-state index is 0.171. The van der Waals surface area contributed by atoms with Crippen molar-refractivity contribution in [2.24, 2.45) is 0 Å². The highest BCUT2D eigenvalue weighted by Gasteiger charge is 2.35. The SMILES string of the molecule is CN(C(=O)Cc1ccc(Cl)s1)C(C)(C)C(=O)O. The summed E-state index contributed by atoms with van der Waals surface area (Å²) in [6, 6.07) is 3.49. The fraction of sp³-hybridized carbons (Fsp3) is 0.455. The van der Waals surface area contributed by atoms with E-state index in [4.69, 9.17) is 16.7 Å². The zero-order chi connectivity index (χ0) is 13.2. The number of carbonyl (C=O) groups excluding carboxylic acids is 1. The number of rotatable bonds is 4. The largest absolute Gasteiger partial charge is 0.480 e. The van der Waals surface area contributed by atoms with Gasteiger partial charge < -0.3 is 10.0 Å². The molecule has 0 saturated heterocycles. The number of aliphatic carboxylic acids is 1. The third-order valence-corrected chi connectivity index (χ3v) is 3.92. The summed E-state index contributed by atoms with van der Waals surface area (Å²) in [4.78, 5) is 25.0. The van der Waals surface area contributed by atoms with Crippen LogP contribution in [0.3, 0.4) is 0 Å². The van der Waals surface area contributed by atoms with Gasteiger partial charge in [-0.3, -0.25) is 4.79 Å². The number of hydrogen-bond acceptors (Lipinski definition) is 3. The van der Waals surface area contributed by atoms with E-state index < -0.39 is 11.5 Å². The molecule has 0 aliphatic carbocycles. The minimum atomic E-state index is -1.21. The van der Waals surface area contributed by atoms with E-state index in [-0.39, 0.29) is 12.3 Å². The second-order valence-electron chi connectivity index (χ2n) is 4.20. The maximum Gasteiger partial charge on any atom is 0.329 e. The lowest BCUT2D eigenvalue weighted by Crippen LogP contribution is -2.51. The Balaban J connectivity index is 2.74. The zero-order valence-corrected chi connectivity index (χ0v) is 11.4. The molecular weight excluding hydrogens is 262 g/mol. The van der Waals surface area contributed by atoms with Crippen LogP contribution >= 0.6 is 22.9 Å². The van der Waals surface area contributed by atoms with Crippen molar-refractivity contribution < 1.29 is 14.7 Å². The highest BCUT2D eigenvalue weighted by Crippen LogP contribution is 2.23. The van der Waals surface area contributed by atoms with E-state index in [1.54, 1.807) is 12.1 Å². The Hall–Kier alpha value is -1.07. The maximum atomic E-state index is 11.9. The Labute approximate surface area is 109 Å². The van der Waals surface area contributed by atoms with Gasteiger partial charge in [-0.2, -0.15) is 0 Å². The first-order valence-corrected chi connectivity index (χ1v) is 6.19. The van der Waals surface area contributed by atoms with Gasteiger partial charge in [-0.15, -0.1) is 11.3 Å². The molecule has 0 radical (unpaired) electrons. The van der Waals surface area contributed by atoms with E-state index >= 15 is 0 Å². The number of carboxylic acid groups (broad SMARTS) is 1. The van der Waals surface area contributed by atoms with Crippen LogP contribution in [0.1, 0.15) is 18.7 Å². The van der Waals surface area contributed by atoms with Crippen LogP contribution in [0.4, 0.5) is 0 Å². The predicted molar refractivity (Wildman–Crippen MR) is 67.5 cm³/mol. The van der Waals surface area contributed by atoms with Gasteiger partial charge in [0.1, 0.15) is 5.54 Å². The van der Waals surface area contributed by atoms with Gasteiger partial charge >= 0.3 is 5.97 Å². The van der Waals surface area contributed by atoms with Crippen LogP contribution in [0.2, 0.25) is 4.34 Å². The molecule has 6 heteroatoms. The lowest BCUT2D eigenvalue weighted by atomic mass is 10.0. The molecule has 0 bridgehead atoms. The minimum Gasteiger partial charge on any atom is -0.480 e. The van der Waals surface area contributed by atoms with Crippen LogP contribution < -0.4 is 0 Å². The average Bonchev–Trinajstić information content (AvgIpc) is 2.62. The van der Waals surface area contributed by atoms with Crippen LogP contribution in [-0.2, 0) is 16.0 Å². The number of thiophene rings is 1. The molecular formula is C11H14ClNO3S. The summed E-state index contributed by atoms with van der Waals surface area (Å²) in [5.41, 5.74) is -1.21. The van der Waals surface area contributed by atoms with E-state index in [2.05, 4.69) is 0 Å². The Morgan fingerprint density at radius 2 is 2.06 bits per heavy atom. The molecule has 0 fully saturated rings. The summed E-state index contributed by atoms with van der Waals surface area (Å²) in [6.07, 6.45) is 0.171. The van der Waals surface area contributed by atoms with Crippen LogP contribution in [0.25, 0.3) is 0 Å². The number of halogens is 1. The zero-order valence-electron chi connectivity index (χ0n) is 9.86. The summed E-state index contributed by atoms with van der Waals surface area (Å²) in [6.45, 7) is 2.99. The third-order valence-electron chi connectivity index (χ3n) is 2.69. The first kappa shape index (κ1) is 14.0. The van der Waals surface area contributed by atoms with Crippen molar-refractivity contribution in [1.82, 2.24) is 4.90 Å². The van der Waals surface area contributed by atoms with Gasteiger partial charge in [0.2, 0.25) is 5.91 Å². The number of carboxylic acids is 1. The molecule has 1 heterocycles. The van der Waals surface area contributed by atoms with E-state index in [0.29, 0.717) is 4.34 Å². The van der Waals surface area contributed by atoms with Gasteiger partial charge in [-0.25, -0.2) is 4.79 Å². The fourth-order valence-electron chi connectivity index (χ4n) is 1.17. The molecule has 1 amide bonds. The van der Waals surface area contributed by atoms with Crippen molar-refractivity contribution >= 4 is 34.8 Å². The van der Waals surface area contributed by atoms with Crippen molar-refractivity contribution in [3.8, 4) is 0 Å². The summed E-state index contributed by atoms with van der Waals surface area (Å²) < 4.78 is 0.618. The van der Waals surface area contributed by atoms with E-state index in [9.17, 15) is 9.59 Å². The molecule has 1 aromatic heterocycles. The molecule has 0 aliphatic rings. The Morgan fingerprint density at radius 3 is 2.47 bits per heavy atom. The maximum absolute atomic E-state index is 11.9. The first-order chi connectivity index (χ1) is 7.75. The fourth-order valence-corrected chi connectivity index (χ4v) is 2.25. The van der Waals surface area contributed by atoms with E-state index in [1.165, 1.54) is 37.1 Å². The first-order valence-electron chi connectivity index (χ1n) is 4.99. The number of amides is 1. The highest BCUT2D eigenvalue weighted by atomic mass is 35.5. The van der Waals surface area contributed by atoms with Crippen molar-refractivity contribution in [3.05, 3.63) is 21.3 Å². The van der Waals surface area contributed by atoms with Crippen LogP contribution in [0.5, 0.6) is 0 Å². The second-order valence-corrected chi connectivity index (χ2v) is 6.00. The highest BCUT2D eigenvalue weighted by molar-refractivity contribution is 7.16. The van der Waals surface area contributed by atoms with Crippen LogP contribution in [0, 0.1) is 0 Å².